The second kappa shape index (κ2) is 8.91. The Bertz CT molecular complexity index is 713. The summed E-state index contributed by atoms with van der Waals surface area (Å²) in [6.45, 7) is 3.93. The molecular formula is C17H26N6O2. The molecule has 0 aliphatic heterocycles. The van der Waals surface area contributed by atoms with Gasteiger partial charge in [-0.2, -0.15) is 0 Å². The fraction of sp³-hybridized carbons (Fsp3) is 0.471. The summed E-state index contributed by atoms with van der Waals surface area (Å²) in [5, 5.41) is 11.2. The Kier molecular flexibility index (Phi) is 6.62. The van der Waals surface area contributed by atoms with Crippen LogP contribution in [0.4, 0.5) is 0 Å². The molecule has 1 aromatic carbocycles. The summed E-state index contributed by atoms with van der Waals surface area (Å²) >= 11 is 0. The lowest BCUT2D eigenvalue weighted by atomic mass is 10.2. The van der Waals surface area contributed by atoms with Crippen molar-refractivity contribution in [2.45, 2.75) is 20.0 Å². The number of hydrogen-bond acceptors (Lipinski definition) is 5. The number of hydrogen-bond donors (Lipinski definition) is 1. The molecular weight excluding hydrogens is 320 g/mol. The van der Waals surface area contributed by atoms with Crippen LogP contribution in [0.5, 0.6) is 11.5 Å². The summed E-state index contributed by atoms with van der Waals surface area (Å²) in [5.41, 5.74) is 1.05. The molecule has 1 aromatic heterocycles. The van der Waals surface area contributed by atoms with Crippen LogP contribution in [-0.4, -0.2) is 53.4 Å². The molecule has 1 heterocycles. The number of rotatable bonds is 7. The number of nitrogens with one attached hydrogen (secondary N) is 1. The molecule has 0 saturated heterocycles. The maximum Gasteiger partial charge on any atom is 0.194 e. The molecule has 2 aromatic rings. The normalized spacial score (nSPS) is 11.3. The van der Waals surface area contributed by atoms with Crippen molar-refractivity contribution in [2.24, 2.45) is 12.0 Å². The van der Waals surface area contributed by atoms with Gasteiger partial charge >= 0.3 is 0 Å². The summed E-state index contributed by atoms with van der Waals surface area (Å²) < 4.78 is 12.6. The molecule has 8 nitrogen and oxygen atoms in total. The Morgan fingerprint density at radius 1 is 1.32 bits per heavy atom. The van der Waals surface area contributed by atoms with E-state index in [-0.39, 0.29) is 0 Å². The minimum Gasteiger partial charge on any atom is -0.497 e. The molecule has 0 spiro atoms. The highest BCUT2D eigenvalue weighted by molar-refractivity contribution is 5.79. The van der Waals surface area contributed by atoms with E-state index in [1.807, 2.05) is 48.7 Å². The average Bonchev–Trinajstić information content (AvgIpc) is 3.03. The van der Waals surface area contributed by atoms with Crippen molar-refractivity contribution in [3.05, 3.63) is 35.9 Å². The van der Waals surface area contributed by atoms with Crippen molar-refractivity contribution in [1.82, 2.24) is 25.0 Å². The molecule has 0 radical (unpaired) electrons. The van der Waals surface area contributed by atoms with Gasteiger partial charge in [0.2, 0.25) is 0 Å². The third kappa shape index (κ3) is 4.85. The van der Waals surface area contributed by atoms with Gasteiger partial charge in [0.05, 0.1) is 14.2 Å². The first-order chi connectivity index (χ1) is 12.1. The lowest BCUT2D eigenvalue weighted by molar-refractivity contribution is 0.382. The standard InChI is InChI=1S/C17H26N6O2/c1-6-18-17(19-10-16-21-20-12-23(16)3)22(2)11-13-7-8-14(24-4)9-15(13)25-5/h7-9,12H,6,10-11H2,1-5H3,(H,18,19). The van der Waals surface area contributed by atoms with Gasteiger partial charge in [-0.1, -0.05) is 0 Å². The minimum atomic E-state index is 0.461. The number of guanidine groups is 1. The molecule has 0 atom stereocenters. The van der Waals surface area contributed by atoms with E-state index in [0.29, 0.717) is 13.1 Å². The van der Waals surface area contributed by atoms with Crippen LogP contribution < -0.4 is 14.8 Å². The predicted octanol–water partition coefficient (Wildman–Crippen LogP) is 1.43. The van der Waals surface area contributed by atoms with Gasteiger partial charge in [0.25, 0.3) is 0 Å². The molecule has 0 fully saturated rings. The molecule has 25 heavy (non-hydrogen) atoms. The van der Waals surface area contributed by atoms with E-state index in [1.165, 1.54) is 0 Å². The highest BCUT2D eigenvalue weighted by Crippen LogP contribution is 2.25. The molecule has 0 amide bonds. The molecule has 1 N–H and O–H groups in total. The van der Waals surface area contributed by atoms with E-state index in [1.54, 1.807) is 20.5 Å². The highest BCUT2D eigenvalue weighted by Gasteiger charge is 2.12. The average molecular weight is 346 g/mol. The van der Waals surface area contributed by atoms with Crippen LogP contribution in [0.1, 0.15) is 18.3 Å². The molecule has 0 bridgehead atoms. The smallest absolute Gasteiger partial charge is 0.194 e. The number of ether oxygens (including phenoxy) is 2. The van der Waals surface area contributed by atoms with Crippen LogP contribution in [0.15, 0.2) is 29.5 Å². The second-order valence-corrected chi connectivity index (χ2v) is 5.56. The van der Waals surface area contributed by atoms with Gasteiger partial charge in [-0.15, -0.1) is 10.2 Å². The maximum atomic E-state index is 5.47. The second-order valence-electron chi connectivity index (χ2n) is 5.56. The van der Waals surface area contributed by atoms with Crippen LogP contribution in [0.2, 0.25) is 0 Å². The lowest BCUT2D eigenvalue weighted by Gasteiger charge is -2.23. The maximum absolute atomic E-state index is 5.47. The Hall–Kier alpha value is -2.77. The number of aromatic nitrogens is 3. The van der Waals surface area contributed by atoms with Crippen molar-refractivity contribution >= 4 is 5.96 Å². The lowest BCUT2D eigenvalue weighted by Crippen LogP contribution is -2.38. The van der Waals surface area contributed by atoms with Gasteiger partial charge in [0.1, 0.15) is 24.4 Å². The molecule has 0 aliphatic rings. The number of aliphatic imine (C=N–C) groups is 1. The fourth-order valence-electron chi connectivity index (χ4n) is 2.38. The highest BCUT2D eigenvalue weighted by atomic mass is 16.5. The van der Waals surface area contributed by atoms with Crippen molar-refractivity contribution in [3.63, 3.8) is 0 Å². The van der Waals surface area contributed by atoms with Crippen molar-refractivity contribution in [3.8, 4) is 11.5 Å². The Morgan fingerprint density at radius 2 is 2.12 bits per heavy atom. The summed E-state index contributed by atoms with van der Waals surface area (Å²) in [6.07, 6.45) is 1.67. The molecule has 0 aliphatic carbocycles. The summed E-state index contributed by atoms with van der Waals surface area (Å²) in [7, 11) is 7.19. The van der Waals surface area contributed by atoms with E-state index in [9.17, 15) is 0 Å². The predicted molar refractivity (Wildman–Crippen MR) is 96.8 cm³/mol. The minimum absolute atomic E-state index is 0.461. The van der Waals surface area contributed by atoms with Gasteiger partial charge in [-0.3, -0.25) is 0 Å². The largest absolute Gasteiger partial charge is 0.497 e. The number of methoxy groups -OCH3 is 2. The van der Waals surface area contributed by atoms with Crippen LogP contribution in [0.3, 0.4) is 0 Å². The van der Waals surface area contributed by atoms with Crippen molar-refractivity contribution in [2.75, 3.05) is 27.8 Å². The van der Waals surface area contributed by atoms with E-state index in [2.05, 4.69) is 20.5 Å². The van der Waals surface area contributed by atoms with Gasteiger partial charge in [0.15, 0.2) is 11.8 Å². The summed E-state index contributed by atoms with van der Waals surface area (Å²) in [6, 6.07) is 5.81. The van der Waals surface area contributed by atoms with E-state index in [4.69, 9.17) is 9.47 Å². The third-order valence-corrected chi connectivity index (χ3v) is 3.77. The third-order valence-electron chi connectivity index (χ3n) is 3.77. The monoisotopic (exact) mass is 346 g/mol. The molecule has 0 unspecified atom stereocenters. The van der Waals surface area contributed by atoms with Gasteiger partial charge in [-0.25, -0.2) is 4.99 Å². The SMILES string of the molecule is CCNC(=NCc1nncn1C)N(C)Cc1ccc(OC)cc1OC. The first-order valence-corrected chi connectivity index (χ1v) is 8.12. The molecule has 136 valence electrons. The van der Waals surface area contributed by atoms with E-state index in [0.717, 1.165) is 35.4 Å². The first kappa shape index (κ1) is 18.6. The van der Waals surface area contributed by atoms with E-state index < -0.39 is 0 Å². The Labute approximate surface area is 148 Å². The first-order valence-electron chi connectivity index (χ1n) is 8.12. The van der Waals surface area contributed by atoms with Crippen LogP contribution in [-0.2, 0) is 20.1 Å². The van der Waals surface area contributed by atoms with Crippen LogP contribution >= 0.6 is 0 Å². The van der Waals surface area contributed by atoms with Crippen molar-refractivity contribution < 1.29 is 9.47 Å². The number of nitrogens with zero attached hydrogens (tertiary/aromatic N) is 5. The zero-order chi connectivity index (χ0) is 18.2. The van der Waals surface area contributed by atoms with Gasteiger partial charge in [0, 0.05) is 38.8 Å². The topological polar surface area (TPSA) is 76.8 Å². The van der Waals surface area contributed by atoms with E-state index >= 15 is 0 Å². The zero-order valence-corrected chi connectivity index (χ0v) is 15.5. The quantitative estimate of drug-likeness (QED) is 0.604. The molecule has 2 rings (SSSR count). The Balaban J connectivity index is 2.14. The molecule has 8 heteroatoms. The number of aryl methyl sites for hydroxylation is 1. The Morgan fingerprint density at radius 3 is 2.72 bits per heavy atom. The zero-order valence-electron chi connectivity index (χ0n) is 15.5. The van der Waals surface area contributed by atoms with Crippen LogP contribution in [0, 0.1) is 0 Å². The fourth-order valence-corrected chi connectivity index (χ4v) is 2.38. The summed E-state index contributed by atoms with van der Waals surface area (Å²) in [5.74, 6) is 3.16. The van der Waals surface area contributed by atoms with Crippen LogP contribution in [0.25, 0.3) is 0 Å². The van der Waals surface area contributed by atoms with Gasteiger partial charge in [-0.05, 0) is 19.1 Å². The van der Waals surface area contributed by atoms with Gasteiger partial charge < -0.3 is 24.3 Å². The number of benzene rings is 1. The van der Waals surface area contributed by atoms with Crippen molar-refractivity contribution in [1.29, 1.82) is 0 Å². The molecule has 0 saturated carbocycles. The summed E-state index contributed by atoms with van der Waals surface area (Å²) in [4.78, 5) is 6.69.